The van der Waals surface area contributed by atoms with Gasteiger partial charge >= 0.3 is 5.97 Å². The molecule has 14 atom stereocenters. The lowest BCUT2D eigenvalue weighted by Crippen LogP contribution is -2.80. The van der Waals surface area contributed by atoms with E-state index < -0.39 is 46.8 Å². The summed E-state index contributed by atoms with van der Waals surface area (Å²) >= 11 is 0. The van der Waals surface area contributed by atoms with Crippen molar-refractivity contribution in [2.75, 3.05) is 54.7 Å². The van der Waals surface area contributed by atoms with Crippen molar-refractivity contribution in [3.8, 4) is 0 Å². The van der Waals surface area contributed by atoms with Crippen molar-refractivity contribution in [3.63, 3.8) is 0 Å². The molecule has 10 nitrogen and oxygen atoms in total. The smallest absolute Gasteiger partial charge is 0.338 e. The monoisotopic (exact) mass is 643 g/mol. The second kappa shape index (κ2) is 11.8. The van der Waals surface area contributed by atoms with Gasteiger partial charge in [0.05, 0.1) is 24.4 Å². The highest BCUT2D eigenvalue weighted by Gasteiger charge is 2.91. The summed E-state index contributed by atoms with van der Waals surface area (Å²) in [5.74, 6) is -1.52. The van der Waals surface area contributed by atoms with E-state index >= 15 is 0 Å². The van der Waals surface area contributed by atoms with Gasteiger partial charge in [0.2, 0.25) is 0 Å². The van der Waals surface area contributed by atoms with Crippen LogP contribution < -0.4 is 0 Å². The predicted octanol–water partition coefficient (Wildman–Crippen LogP) is 2.93. The van der Waals surface area contributed by atoms with Crippen LogP contribution in [0.1, 0.15) is 56.3 Å². The molecule has 0 unspecified atom stereocenters. The Bertz CT molecular complexity index is 1280. The van der Waals surface area contributed by atoms with Crippen molar-refractivity contribution >= 4 is 5.97 Å². The molecule has 0 amide bonds. The minimum atomic E-state index is -1.64. The van der Waals surface area contributed by atoms with Crippen LogP contribution in [0.4, 0.5) is 0 Å². The van der Waals surface area contributed by atoms with E-state index in [0.717, 1.165) is 38.8 Å². The van der Waals surface area contributed by atoms with Crippen LogP contribution in [0.5, 0.6) is 0 Å². The largest absolute Gasteiger partial charge is 0.455 e. The van der Waals surface area contributed by atoms with Crippen LogP contribution in [0.25, 0.3) is 0 Å². The number of carbonyl (C=O) groups excluding carboxylic acids is 1. The van der Waals surface area contributed by atoms with Crippen molar-refractivity contribution in [3.05, 3.63) is 35.9 Å². The number of aliphatic hydroxyl groups is 2. The summed E-state index contributed by atoms with van der Waals surface area (Å²) in [4.78, 5) is 16.4. The fraction of sp³-hybridized carbons (Fsp3) is 0.806. The lowest BCUT2D eigenvalue weighted by molar-refractivity contribution is -0.326. The molecule has 0 aromatic heterocycles. The number of hydrogen-bond donors (Lipinski definition) is 2. The van der Waals surface area contributed by atoms with E-state index in [-0.39, 0.29) is 47.8 Å². The summed E-state index contributed by atoms with van der Waals surface area (Å²) in [6, 6.07) is 8.85. The molecule has 1 aliphatic heterocycles. The van der Waals surface area contributed by atoms with Crippen LogP contribution in [0.2, 0.25) is 0 Å². The molecule has 1 spiro atoms. The Labute approximate surface area is 273 Å². The Kier molecular flexibility index (Phi) is 8.41. The fourth-order valence-electron chi connectivity index (χ4n) is 12.6. The summed E-state index contributed by atoms with van der Waals surface area (Å²) < 4.78 is 39.0. The molecule has 2 N–H and O–H groups in total. The van der Waals surface area contributed by atoms with Crippen molar-refractivity contribution < 1.29 is 43.4 Å². The van der Waals surface area contributed by atoms with Gasteiger partial charge in [0, 0.05) is 76.2 Å². The van der Waals surface area contributed by atoms with E-state index in [9.17, 15) is 15.0 Å². The van der Waals surface area contributed by atoms with Gasteiger partial charge in [-0.15, -0.1) is 0 Å². The molecule has 256 valence electrons. The van der Waals surface area contributed by atoms with Crippen LogP contribution in [0.3, 0.4) is 0 Å². The fourth-order valence-corrected chi connectivity index (χ4v) is 12.6. The lowest BCUT2D eigenvalue weighted by atomic mass is 9.43. The molecule has 6 fully saturated rings. The highest BCUT2D eigenvalue weighted by atomic mass is 16.6. The standard InChI is InChI=1S/C36H53NO9/c1-7-9-17-45-36-24-22(18-34(40,31(44-6)29(36)38)30(24)46-32(39)21-13-11-10-12-14-21)35-23(42-4)15-16-33(20-41-3)19-37(8-2)28(35)25(36)26(43-5)27(33)35/h10-14,22-31,38,40H,7-9,15-20H2,1-6H3/t22-,23+,24-,25+,26+,27-,28-,29+,30-,31+,33+,34-,35+,36-/m1/s1. The van der Waals surface area contributed by atoms with Crippen molar-refractivity contribution in [1.82, 2.24) is 4.90 Å². The number of piperidine rings is 1. The van der Waals surface area contributed by atoms with Crippen molar-refractivity contribution in [2.45, 2.75) is 93.7 Å². The molecule has 6 aliphatic rings. The number of esters is 1. The second-order valence-corrected chi connectivity index (χ2v) is 14.9. The quantitative estimate of drug-likeness (QED) is 0.260. The van der Waals surface area contributed by atoms with E-state index in [1.54, 1.807) is 45.6 Å². The van der Waals surface area contributed by atoms with Crippen molar-refractivity contribution in [1.29, 1.82) is 0 Å². The van der Waals surface area contributed by atoms with Gasteiger partial charge in [-0.05, 0) is 50.3 Å². The lowest BCUT2D eigenvalue weighted by Gasteiger charge is -2.70. The molecule has 46 heavy (non-hydrogen) atoms. The van der Waals surface area contributed by atoms with Crippen LogP contribution in [0.15, 0.2) is 30.3 Å². The van der Waals surface area contributed by atoms with E-state index in [1.807, 2.05) is 6.07 Å². The number of rotatable bonds is 12. The molecule has 1 heterocycles. The van der Waals surface area contributed by atoms with Gasteiger partial charge in [-0.3, -0.25) is 4.90 Å². The van der Waals surface area contributed by atoms with Gasteiger partial charge in [0.1, 0.15) is 29.5 Å². The number of carbonyl (C=O) groups is 1. The summed E-state index contributed by atoms with van der Waals surface area (Å²) in [5, 5.41) is 25.6. The summed E-state index contributed by atoms with van der Waals surface area (Å²) in [5.41, 5.74) is -3.14. The molecular formula is C36H53NO9. The van der Waals surface area contributed by atoms with Gasteiger partial charge in [0.15, 0.2) is 0 Å². The third-order valence-corrected chi connectivity index (χ3v) is 13.6. The molecule has 1 aromatic rings. The Morgan fingerprint density at radius 3 is 2.41 bits per heavy atom. The predicted molar refractivity (Wildman–Crippen MR) is 168 cm³/mol. The first-order valence-corrected chi connectivity index (χ1v) is 17.3. The molecule has 5 aliphatic carbocycles. The van der Waals surface area contributed by atoms with Gasteiger partial charge < -0.3 is 38.6 Å². The number of benzene rings is 1. The number of fused-ring (bicyclic) bond motifs is 2. The molecular weight excluding hydrogens is 590 g/mol. The molecule has 0 radical (unpaired) electrons. The Morgan fingerprint density at radius 2 is 1.78 bits per heavy atom. The van der Waals surface area contributed by atoms with Gasteiger partial charge in [-0.25, -0.2) is 4.79 Å². The van der Waals surface area contributed by atoms with E-state index in [0.29, 0.717) is 18.8 Å². The highest BCUT2D eigenvalue weighted by molar-refractivity contribution is 5.89. The van der Waals surface area contributed by atoms with E-state index in [2.05, 4.69) is 18.7 Å². The maximum absolute atomic E-state index is 13.8. The van der Waals surface area contributed by atoms with Crippen LogP contribution in [-0.2, 0) is 28.4 Å². The number of ether oxygens (including phenoxy) is 6. The number of unbranched alkanes of at least 4 members (excludes halogenated alkanes) is 1. The minimum Gasteiger partial charge on any atom is -0.455 e. The maximum Gasteiger partial charge on any atom is 0.338 e. The summed E-state index contributed by atoms with van der Waals surface area (Å²) in [6.45, 7) is 6.97. The number of aliphatic hydroxyl groups excluding tert-OH is 1. The first-order valence-electron chi connectivity index (χ1n) is 17.3. The van der Waals surface area contributed by atoms with Crippen molar-refractivity contribution in [2.24, 2.45) is 34.5 Å². The first kappa shape index (κ1) is 32.9. The van der Waals surface area contributed by atoms with Gasteiger partial charge in [-0.2, -0.15) is 0 Å². The SMILES string of the molecule is CCCCO[C@]12[C@H]3[C@@H](OC(=O)c4ccccc4)[C@](O)(C[C@H]3[C@@]34[C@@H](OC)CC[C@@]5(COC)CN(CC)[C@@H]3[C@@H]1[C@H](OC)[C@H]54)[C@@H](OC)[C@@H]2O. The number of nitrogens with zero attached hydrogens (tertiary/aromatic N) is 1. The molecule has 1 aromatic carbocycles. The average molecular weight is 644 g/mol. The zero-order chi connectivity index (χ0) is 32.6. The Morgan fingerprint density at radius 1 is 1.02 bits per heavy atom. The summed E-state index contributed by atoms with van der Waals surface area (Å²) in [6.07, 6.45) is 0.170. The molecule has 5 saturated carbocycles. The third kappa shape index (κ3) is 3.90. The highest BCUT2D eigenvalue weighted by Crippen LogP contribution is 2.80. The van der Waals surface area contributed by atoms with E-state index in [1.165, 1.54) is 7.11 Å². The third-order valence-electron chi connectivity index (χ3n) is 13.6. The molecule has 7 bridgehead atoms. The zero-order valence-electron chi connectivity index (χ0n) is 28.2. The Balaban J connectivity index is 1.50. The normalized spacial score (nSPS) is 48.4. The topological polar surface area (TPSA) is 116 Å². The average Bonchev–Trinajstić information content (AvgIpc) is 3.44. The molecule has 7 rings (SSSR count). The second-order valence-electron chi connectivity index (χ2n) is 14.9. The van der Waals surface area contributed by atoms with Gasteiger partial charge in [-0.1, -0.05) is 38.5 Å². The molecule has 10 heteroatoms. The number of methoxy groups -OCH3 is 4. The van der Waals surface area contributed by atoms with Gasteiger partial charge in [0.25, 0.3) is 0 Å². The number of hydrogen-bond acceptors (Lipinski definition) is 10. The van der Waals surface area contributed by atoms with Crippen LogP contribution >= 0.6 is 0 Å². The first-order chi connectivity index (χ1) is 22.2. The van der Waals surface area contributed by atoms with Crippen LogP contribution in [-0.4, -0.2) is 124 Å². The number of likely N-dealkylation sites (tertiary alicyclic amines) is 1. The molecule has 1 saturated heterocycles. The maximum atomic E-state index is 13.8. The van der Waals surface area contributed by atoms with Crippen LogP contribution in [0, 0.1) is 34.5 Å². The Hall–Kier alpha value is -1.63. The zero-order valence-corrected chi connectivity index (χ0v) is 28.2. The summed E-state index contributed by atoms with van der Waals surface area (Å²) in [7, 11) is 6.89. The van der Waals surface area contributed by atoms with E-state index in [4.69, 9.17) is 28.4 Å². The minimum absolute atomic E-state index is 0.0183.